The van der Waals surface area contributed by atoms with Gasteiger partial charge in [-0.25, -0.2) is 0 Å². The van der Waals surface area contributed by atoms with E-state index < -0.39 is 0 Å². The van der Waals surface area contributed by atoms with Crippen molar-refractivity contribution in [1.82, 2.24) is 20.0 Å². The van der Waals surface area contributed by atoms with Crippen LogP contribution in [0.2, 0.25) is 0 Å². The summed E-state index contributed by atoms with van der Waals surface area (Å²) in [7, 11) is 0. The van der Waals surface area contributed by atoms with Crippen LogP contribution in [0.5, 0.6) is 0 Å². The molecule has 1 aliphatic carbocycles. The van der Waals surface area contributed by atoms with Crippen LogP contribution in [0.15, 0.2) is 0 Å². The van der Waals surface area contributed by atoms with Crippen LogP contribution in [-0.2, 0) is 9.59 Å². The van der Waals surface area contributed by atoms with E-state index in [1.165, 1.54) is 19.3 Å². The Kier molecular flexibility index (Phi) is 6.92. The molecule has 1 atom stereocenters. The zero-order valence-corrected chi connectivity index (χ0v) is 16.6. The van der Waals surface area contributed by atoms with Crippen LogP contribution in [0.1, 0.15) is 52.4 Å². The molecule has 0 bridgehead atoms. The maximum atomic E-state index is 12.6. The van der Waals surface area contributed by atoms with Crippen LogP contribution < -0.4 is 5.32 Å². The number of carbonyl (C=O) groups excluding carboxylic acids is 2. The van der Waals surface area contributed by atoms with Crippen LogP contribution in [0.4, 0.5) is 0 Å². The average molecular weight is 365 g/mol. The Hall–Kier alpha value is -1.14. The summed E-state index contributed by atoms with van der Waals surface area (Å²) in [5.41, 5.74) is 0. The van der Waals surface area contributed by atoms with Crippen molar-refractivity contribution in [2.45, 2.75) is 64.5 Å². The van der Waals surface area contributed by atoms with Gasteiger partial charge < -0.3 is 10.2 Å². The quantitative estimate of drug-likeness (QED) is 0.740. The molecule has 1 N–H and O–H groups in total. The summed E-state index contributed by atoms with van der Waals surface area (Å²) in [5.74, 6) is 0.970. The zero-order chi connectivity index (χ0) is 18.5. The number of amides is 2. The highest BCUT2D eigenvalue weighted by atomic mass is 16.2. The number of hydrogen-bond acceptors (Lipinski definition) is 4. The van der Waals surface area contributed by atoms with Crippen LogP contribution in [0.25, 0.3) is 0 Å². The van der Waals surface area contributed by atoms with Gasteiger partial charge in [0.05, 0.1) is 6.54 Å². The third-order valence-corrected chi connectivity index (χ3v) is 6.20. The monoisotopic (exact) mass is 364 g/mol. The molecule has 3 fully saturated rings. The minimum atomic E-state index is 0.156. The zero-order valence-electron chi connectivity index (χ0n) is 16.6. The van der Waals surface area contributed by atoms with Crippen molar-refractivity contribution in [2.75, 3.05) is 45.8 Å². The lowest BCUT2D eigenvalue weighted by Crippen LogP contribution is -2.55. The third-order valence-electron chi connectivity index (χ3n) is 6.20. The highest BCUT2D eigenvalue weighted by Gasteiger charge is 2.31. The smallest absolute Gasteiger partial charge is 0.236 e. The fourth-order valence-corrected chi connectivity index (χ4v) is 4.19. The van der Waals surface area contributed by atoms with Crippen molar-refractivity contribution in [1.29, 1.82) is 0 Å². The molecule has 3 rings (SSSR count). The van der Waals surface area contributed by atoms with E-state index in [0.717, 1.165) is 58.2 Å². The predicted molar refractivity (Wildman–Crippen MR) is 103 cm³/mol. The number of hydrogen-bond donors (Lipinski definition) is 1. The van der Waals surface area contributed by atoms with Gasteiger partial charge in [0.2, 0.25) is 11.8 Å². The predicted octanol–water partition coefficient (Wildman–Crippen LogP) is 1.31. The van der Waals surface area contributed by atoms with Crippen molar-refractivity contribution in [2.24, 2.45) is 5.92 Å². The largest absolute Gasteiger partial charge is 0.352 e. The van der Waals surface area contributed by atoms with E-state index in [1.54, 1.807) is 0 Å². The second-order valence-corrected chi connectivity index (χ2v) is 8.72. The number of likely N-dealkylation sites (tertiary alicyclic amines) is 1. The van der Waals surface area contributed by atoms with Crippen molar-refractivity contribution in [3.05, 3.63) is 0 Å². The Labute approximate surface area is 158 Å². The van der Waals surface area contributed by atoms with E-state index in [4.69, 9.17) is 0 Å². The summed E-state index contributed by atoms with van der Waals surface area (Å²) < 4.78 is 0. The Bertz CT molecular complexity index is 484. The first-order valence-corrected chi connectivity index (χ1v) is 10.5. The highest BCUT2D eigenvalue weighted by molar-refractivity contribution is 5.78. The SMILES string of the molecule is CC(C)CCC(=O)NC1CCN(CC(=O)N2CCN(C3CCC3)CC2)C1. The Morgan fingerprint density at radius 3 is 2.38 bits per heavy atom. The van der Waals surface area contributed by atoms with Crippen LogP contribution in [-0.4, -0.2) is 84.4 Å². The van der Waals surface area contributed by atoms with Gasteiger partial charge in [-0.1, -0.05) is 20.3 Å². The molecule has 0 aromatic heterocycles. The lowest BCUT2D eigenvalue weighted by atomic mass is 9.91. The van der Waals surface area contributed by atoms with E-state index in [0.29, 0.717) is 18.9 Å². The first-order chi connectivity index (χ1) is 12.5. The first-order valence-electron chi connectivity index (χ1n) is 10.5. The minimum absolute atomic E-state index is 0.156. The van der Waals surface area contributed by atoms with Gasteiger partial charge in [0.25, 0.3) is 0 Å². The molecular weight excluding hydrogens is 328 g/mol. The molecule has 0 spiro atoms. The van der Waals surface area contributed by atoms with Crippen LogP contribution in [0.3, 0.4) is 0 Å². The van der Waals surface area contributed by atoms with E-state index in [1.807, 2.05) is 4.90 Å². The standard InChI is InChI=1S/C20H36N4O2/c1-16(2)6-7-19(25)21-17-8-9-22(14-17)15-20(26)24-12-10-23(11-13-24)18-4-3-5-18/h16-18H,3-15H2,1-2H3,(H,21,25). The molecule has 2 amide bonds. The summed E-state index contributed by atoms with van der Waals surface area (Å²) in [4.78, 5) is 31.4. The third kappa shape index (κ3) is 5.43. The van der Waals surface area contributed by atoms with Gasteiger partial charge in [-0.05, 0) is 31.6 Å². The molecule has 0 aromatic rings. The van der Waals surface area contributed by atoms with Crippen molar-refractivity contribution in [3.63, 3.8) is 0 Å². The Morgan fingerprint density at radius 2 is 1.77 bits per heavy atom. The van der Waals surface area contributed by atoms with Crippen molar-refractivity contribution < 1.29 is 9.59 Å². The van der Waals surface area contributed by atoms with E-state index >= 15 is 0 Å². The second kappa shape index (κ2) is 9.18. The number of nitrogens with zero attached hydrogens (tertiary/aromatic N) is 3. The molecule has 26 heavy (non-hydrogen) atoms. The fraction of sp³-hybridized carbons (Fsp3) is 0.900. The van der Waals surface area contributed by atoms with Gasteiger partial charge in [-0.3, -0.25) is 19.4 Å². The van der Waals surface area contributed by atoms with Crippen molar-refractivity contribution >= 4 is 11.8 Å². The molecule has 3 aliphatic rings. The molecule has 1 saturated carbocycles. The molecular formula is C20H36N4O2. The molecule has 6 nitrogen and oxygen atoms in total. The summed E-state index contributed by atoms with van der Waals surface area (Å²) in [6.07, 6.45) is 6.55. The molecule has 148 valence electrons. The second-order valence-electron chi connectivity index (χ2n) is 8.72. The van der Waals surface area contributed by atoms with Gasteiger partial charge >= 0.3 is 0 Å². The van der Waals surface area contributed by atoms with Gasteiger partial charge in [0.15, 0.2) is 0 Å². The van der Waals surface area contributed by atoms with Gasteiger partial charge in [0.1, 0.15) is 0 Å². The molecule has 0 radical (unpaired) electrons. The summed E-state index contributed by atoms with van der Waals surface area (Å²) in [6.45, 7) is 10.3. The molecule has 2 saturated heterocycles. The highest BCUT2D eigenvalue weighted by Crippen LogP contribution is 2.25. The Morgan fingerprint density at radius 1 is 1.04 bits per heavy atom. The maximum Gasteiger partial charge on any atom is 0.236 e. The van der Waals surface area contributed by atoms with E-state index in [2.05, 4.69) is 29.0 Å². The maximum absolute atomic E-state index is 12.6. The molecule has 2 aliphatic heterocycles. The lowest BCUT2D eigenvalue weighted by molar-refractivity contribution is -0.134. The number of rotatable bonds is 7. The van der Waals surface area contributed by atoms with Gasteiger partial charge in [-0.15, -0.1) is 0 Å². The summed E-state index contributed by atoms with van der Waals surface area (Å²) in [5, 5.41) is 3.14. The molecule has 6 heteroatoms. The van der Waals surface area contributed by atoms with E-state index in [-0.39, 0.29) is 17.9 Å². The lowest BCUT2D eigenvalue weighted by Gasteiger charge is -2.43. The van der Waals surface area contributed by atoms with Crippen molar-refractivity contribution in [3.8, 4) is 0 Å². The van der Waals surface area contributed by atoms with Crippen LogP contribution in [0, 0.1) is 5.92 Å². The van der Waals surface area contributed by atoms with Gasteiger partial charge in [0, 0.05) is 57.8 Å². The summed E-state index contributed by atoms with van der Waals surface area (Å²) >= 11 is 0. The van der Waals surface area contributed by atoms with Gasteiger partial charge in [-0.2, -0.15) is 0 Å². The molecule has 2 heterocycles. The topological polar surface area (TPSA) is 55.9 Å². The Balaban J connectivity index is 1.33. The molecule has 0 aromatic carbocycles. The van der Waals surface area contributed by atoms with Crippen LogP contribution >= 0.6 is 0 Å². The summed E-state index contributed by atoms with van der Waals surface area (Å²) in [6, 6.07) is 0.990. The average Bonchev–Trinajstić information content (AvgIpc) is 2.99. The molecule has 1 unspecified atom stereocenters. The van der Waals surface area contributed by atoms with E-state index in [9.17, 15) is 9.59 Å². The number of nitrogens with one attached hydrogen (secondary N) is 1. The first kappa shape index (κ1) is 19.6. The minimum Gasteiger partial charge on any atom is -0.352 e. The number of carbonyl (C=O) groups is 2. The number of piperazine rings is 1. The normalized spacial score (nSPS) is 25.5. The fourth-order valence-electron chi connectivity index (χ4n) is 4.19.